The molecule has 0 unspecified atom stereocenters. The van der Waals surface area contributed by atoms with E-state index >= 15 is 0 Å². The van der Waals surface area contributed by atoms with Crippen molar-refractivity contribution in [3.05, 3.63) is 23.8 Å². The monoisotopic (exact) mass is 307 g/mol. The van der Waals surface area contributed by atoms with E-state index in [0.29, 0.717) is 31.1 Å². The number of carbonyl (C=O) groups is 2. The molecular formula is C15H21N3O4. The summed E-state index contributed by atoms with van der Waals surface area (Å²) in [5, 5.41) is 2.76. The molecule has 1 atom stereocenters. The summed E-state index contributed by atoms with van der Waals surface area (Å²) < 4.78 is 10.5. The van der Waals surface area contributed by atoms with Crippen molar-refractivity contribution in [2.45, 2.75) is 19.0 Å². The highest BCUT2D eigenvalue weighted by atomic mass is 16.5. The fourth-order valence-electron chi connectivity index (χ4n) is 2.57. The Labute approximate surface area is 129 Å². The average Bonchev–Trinajstić information content (AvgIpc) is 2.50. The number of piperazine rings is 1. The molecule has 0 saturated carbocycles. The van der Waals surface area contributed by atoms with Gasteiger partial charge in [0.15, 0.2) is 0 Å². The van der Waals surface area contributed by atoms with Crippen LogP contribution in [0.2, 0.25) is 0 Å². The largest absolute Gasteiger partial charge is 0.497 e. The minimum atomic E-state index is -0.543. The maximum atomic E-state index is 12.0. The number of nitrogens with two attached hydrogens (primary N) is 1. The first-order chi connectivity index (χ1) is 10.5. The van der Waals surface area contributed by atoms with Crippen LogP contribution in [0.1, 0.15) is 12.0 Å². The van der Waals surface area contributed by atoms with Crippen molar-refractivity contribution >= 4 is 11.8 Å². The minimum absolute atomic E-state index is 0.00427. The van der Waals surface area contributed by atoms with Crippen LogP contribution in [-0.4, -0.2) is 50.1 Å². The first-order valence-corrected chi connectivity index (χ1v) is 7.06. The predicted molar refractivity (Wildman–Crippen MR) is 80.6 cm³/mol. The SMILES string of the molecule is COc1ccc(CN2CCNC(=O)[C@H]2CC(N)=O)c(OC)c1. The van der Waals surface area contributed by atoms with Gasteiger partial charge in [-0.2, -0.15) is 0 Å². The Morgan fingerprint density at radius 1 is 1.41 bits per heavy atom. The summed E-state index contributed by atoms with van der Waals surface area (Å²) in [5.41, 5.74) is 6.17. The van der Waals surface area contributed by atoms with Crippen LogP contribution in [0.15, 0.2) is 18.2 Å². The lowest BCUT2D eigenvalue weighted by Gasteiger charge is -2.34. The average molecular weight is 307 g/mol. The summed E-state index contributed by atoms with van der Waals surface area (Å²) in [5.74, 6) is 0.722. The van der Waals surface area contributed by atoms with E-state index in [-0.39, 0.29) is 12.3 Å². The van der Waals surface area contributed by atoms with Gasteiger partial charge < -0.3 is 20.5 Å². The molecule has 1 aromatic carbocycles. The van der Waals surface area contributed by atoms with Crippen molar-refractivity contribution in [2.24, 2.45) is 5.73 Å². The quantitative estimate of drug-likeness (QED) is 0.764. The zero-order chi connectivity index (χ0) is 16.1. The summed E-state index contributed by atoms with van der Waals surface area (Å²) in [4.78, 5) is 25.1. The molecule has 1 heterocycles. The summed E-state index contributed by atoms with van der Waals surface area (Å²) in [7, 11) is 3.17. The predicted octanol–water partition coefficient (Wildman–Crippen LogP) is -0.120. The van der Waals surface area contributed by atoms with Crippen molar-refractivity contribution in [2.75, 3.05) is 27.3 Å². The van der Waals surface area contributed by atoms with Gasteiger partial charge in [-0.05, 0) is 6.07 Å². The van der Waals surface area contributed by atoms with Crippen molar-refractivity contribution in [1.82, 2.24) is 10.2 Å². The Hall–Kier alpha value is -2.28. The van der Waals surface area contributed by atoms with Crippen LogP contribution >= 0.6 is 0 Å². The molecule has 0 spiro atoms. The van der Waals surface area contributed by atoms with E-state index in [9.17, 15) is 9.59 Å². The smallest absolute Gasteiger partial charge is 0.237 e. The lowest BCUT2D eigenvalue weighted by molar-refractivity contribution is -0.133. The normalized spacial score (nSPS) is 18.6. The Balaban J connectivity index is 2.19. The summed E-state index contributed by atoms with van der Waals surface area (Å²) in [6.45, 7) is 1.70. The molecule has 120 valence electrons. The molecule has 2 rings (SSSR count). The molecule has 2 amide bonds. The zero-order valence-corrected chi connectivity index (χ0v) is 12.8. The number of nitrogens with zero attached hydrogens (tertiary/aromatic N) is 1. The van der Waals surface area contributed by atoms with Gasteiger partial charge >= 0.3 is 0 Å². The summed E-state index contributed by atoms with van der Waals surface area (Å²) in [6, 6.07) is 4.98. The van der Waals surface area contributed by atoms with Gasteiger partial charge in [0.25, 0.3) is 0 Å². The van der Waals surface area contributed by atoms with Gasteiger partial charge in [-0.1, -0.05) is 6.07 Å². The molecule has 0 aliphatic carbocycles. The van der Waals surface area contributed by atoms with Crippen LogP contribution in [-0.2, 0) is 16.1 Å². The van der Waals surface area contributed by atoms with E-state index < -0.39 is 11.9 Å². The van der Waals surface area contributed by atoms with Crippen LogP contribution in [0.4, 0.5) is 0 Å². The number of rotatable bonds is 6. The third kappa shape index (κ3) is 3.67. The van der Waals surface area contributed by atoms with E-state index in [4.69, 9.17) is 15.2 Å². The van der Waals surface area contributed by atoms with Gasteiger partial charge in [-0.25, -0.2) is 0 Å². The van der Waals surface area contributed by atoms with Crippen molar-refractivity contribution < 1.29 is 19.1 Å². The van der Waals surface area contributed by atoms with Crippen LogP contribution in [0.25, 0.3) is 0 Å². The molecule has 1 aliphatic heterocycles. The minimum Gasteiger partial charge on any atom is -0.497 e. The third-order valence-corrected chi connectivity index (χ3v) is 3.70. The van der Waals surface area contributed by atoms with E-state index in [1.165, 1.54) is 0 Å². The molecule has 3 N–H and O–H groups in total. The van der Waals surface area contributed by atoms with Crippen LogP contribution in [0, 0.1) is 0 Å². The number of primary amides is 1. The molecule has 1 saturated heterocycles. The van der Waals surface area contributed by atoms with Gasteiger partial charge in [0.2, 0.25) is 11.8 Å². The highest BCUT2D eigenvalue weighted by molar-refractivity contribution is 5.88. The summed E-state index contributed by atoms with van der Waals surface area (Å²) in [6.07, 6.45) is 0.00427. The van der Waals surface area contributed by atoms with Gasteiger partial charge in [-0.15, -0.1) is 0 Å². The number of carbonyl (C=O) groups excluding carboxylic acids is 2. The Morgan fingerprint density at radius 3 is 2.82 bits per heavy atom. The zero-order valence-electron chi connectivity index (χ0n) is 12.8. The highest BCUT2D eigenvalue weighted by Crippen LogP contribution is 2.26. The molecule has 1 aliphatic rings. The number of methoxy groups -OCH3 is 2. The van der Waals surface area contributed by atoms with Gasteiger partial charge in [0, 0.05) is 31.3 Å². The molecule has 0 bridgehead atoms. The Bertz CT molecular complexity index is 562. The standard InChI is InChI=1S/C15H21N3O4/c1-21-11-4-3-10(13(7-11)22-2)9-18-6-5-17-15(20)12(18)8-14(16)19/h3-4,7,12H,5-6,8-9H2,1-2H3,(H2,16,19)(H,17,20)/t12-/m1/s1. The first-order valence-electron chi connectivity index (χ1n) is 7.06. The maximum absolute atomic E-state index is 12.0. The van der Waals surface area contributed by atoms with Crippen molar-refractivity contribution in [3.8, 4) is 11.5 Å². The highest BCUT2D eigenvalue weighted by Gasteiger charge is 2.31. The third-order valence-electron chi connectivity index (χ3n) is 3.70. The molecular weight excluding hydrogens is 286 g/mol. The lowest BCUT2D eigenvalue weighted by atomic mass is 10.1. The van der Waals surface area contributed by atoms with E-state index in [2.05, 4.69) is 5.32 Å². The second-order valence-corrected chi connectivity index (χ2v) is 5.13. The van der Waals surface area contributed by atoms with E-state index in [1.807, 2.05) is 17.0 Å². The molecule has 7 nitrogen and oxygen atoms in total. The molecule has 0 radical (unpaired) electrons. The number of nitrogens with one attached hydrogen (secondary N) is 1. The molecule has 1 aromatic rings. The van der Waals surface area contributed by atoms with Gasteiger partial charge in [0.05, 0.1) is 26.7 Å². The molecule has 1 fully saturated rings. The number of benzene rings is 1. The van der Waals surface area contributed by atoms with Crippen LogP contribution in [0.3, 0.4) is 0 Å². The Morgan fingerprint density at radius 2 is 2.18 bits per heavy atom. The molecule has 7 heteroatoms. The number of ether oxygens (including phenoxy) is 2. The summed E-state index contributed by atoms with van der Waals surface area (Å²) >= 11 is 0. The van der Waals surface area contributed by atoms with Crippen molar-refractivity contribution in [3.63, 3.8) is 0 Å². The fraction of sp³-hybridized carbons (Fsp3) is 0.467. The second kappa shape index (κ2) is 7.13. The second-order valence-electron chi connectivity index (χ2n) is 5.13. The number of hydrogen-bond acceptors (Lipinski definition) is 5. The van der Waals surface area contributed by atoms with Gasteiger partial charge in [-0.3, -0.25) is 14.5 Å². The topological polar surface area (TPSA) is 93.9 Å². The first kappa shape index (κ1) is 16.1. The molecule has 22 heavy (non-hydrogen) atoms. The van der Waals surface area contributed by atoms with Crippen LogP contribution < -0.4 is 20.5 Å². The lowest BCUT2D eigenvalue weighted by Crippen LogP contribution is -2.55. The Kier molecular flexibility index (Phi) is 5.21. The fourth-order valence-corrected chi connectivity index (χ4v) is 2.57. The number of hydrogen-bond donors (Lipinski definition) is 2. The van der Waals surface area contributed by atoms with Crippen LogP contribution in [0.5, 0.6) is 11.5 Å². The van der Waals surface area contributed by atoms with Gasteiger partial charge in [0.1, 0.15) is 11.5 Å². The molecule has 0 aromatic heterocycles. The maximum Gasteiger partial charge on any atom is 0.237 e. The van der Waals surface area contributed by atoms with Crippen molar-refractivity contribution in [1.29, 1.82) is 0 Å². The van der Waals surface area contributed by atoms with E-state index in [1.54, 1.807) is 20.3 Å². The number of amides is 2. The van der Waals surface area contributed by atoms with E-state index in [0.717, 1.165) is 5.56 Å².